The zero-order chi connectivity index (χ0) is 61.9. The smallest absolute Gasteiger partial charge is 0.244 e. The third-order valence-corrected chi connectivity index (χ3v) is 14.2. The van der Waals surface area contributed by atoms with Gasteiger partial charge in [-0.25, -0.2) is 0 Å². The lowest BCUT2D eigenvalue weighted by Gasteiger charge is -2.11. The van der Waals surface area contributed by atoms with Crippen molar-refractivity contribution in [2.24, 2.45) is 0 Å². The summed E-state index contributed by atoms with van der Waals surface area (Å²) in [5.74, 6) is 3.98. The number of ether oxygens (including phenoxy) is 6. The van der Waals surface area contributed by atoms with Crippen LogP contribution in [0.5, 0.6) is 34.5 Å². The number of rotatable bonds is 21. The number of hydrogen-bond acceptors (Lipinski definition) is 9. The lowest BCUT2D eigenvalue weighted by Crippen LogP contribution is -2.21. The average molecular weight is 1220 g/mol. The van der Waals surface area contributed by atoms with Gasteiger partial charge in [-0.1, -0.05) is 150 Å². The lowest BCUT2D eigenvalue weighted by molar-refractivity contribution is -0.117. The van der Waals surface area contributed by atoms with Gasteiger partial charge in [-0.15, -0.1) is 0 Å². The van der Waals surface area contributed by atoms with E-state index in [1.165, 1.54) is 0 Å². The van der Waals surface area contributed by atoms with Gasteiger partial charge in [0.25, 0.3) is 0 Å². The van der Waals surface area contributed by atoms with Crippen LogP contribution < -0.4 is 44.4 Å². The molecular formula is C72H66Cl3N3O9. The summed E-state index contributed by atoms with van der Waals surface area (Å²) in [6.07, 6.45) is 4.81. The average Bonchev–Trinajstić information content (AvgIpc) is 3.10. The van der Waals surface area contributed by atoms with Crippen molar-refractivity contribution in [1.82, 2.24) is 16.0 Å². The van der Waals surface area contributed by atoms with Gasteiger partial charge in [0.2, 0.25) is 17.7 Å². The maximum atomic E-state index is 12.7. The van der Waals surface area contributed by atoms with Crippen LogP contribution in [0.15, 0.2) is 237 Å². The first-order chi connectivity index (χ1) is 42.3. The van der Waals surface area contributed by atoms with Crippen LogP contribution in [0, 0.1) is 0 Å². The van der Waals surface area contributed by atoms with Crippen LogP contribution in [0.1, 0.15) is 50.1 Å². The van der Waals surface area contributed by atoms with Crippen LogP contribution in [0.3, 0.4) is 0 Å². The third kappa shape index (κ3) is 20.2. The minimum Gasteiger partial charge on any atom is -0.497 e. The highest BCUT2D eigenvalue weighted by molar-refractivity contribution is 6.31. The first kappa shape index (κ1) is 64.8. The van der Waals surface area contributed by atoms with E-state index in [9.17, 15) is 14.4 Å². The summed E-state index contributed by atoms with van der Waals surface area (Å²) in [7, 11) is 9.74. The summed E-state index contributed by atoms with van der Waals surface area (Å²) < 4.78 is 31.4. The van der Waals surface area contributed by atoms with E-state index in [4.69, 9.17) is 63.2 Å². The minimum absolute atomic E-state index is 0.179. The first-order valence-electron chi connectivity index (χ1n) is 27.4. The van der Waals surface area contributed by atoms with Crippen molar-refractivity contribution in [3.63, 3.8) is 0 Å². The van der Waals surface area contributed by atoms with E-state index in [-0.39, 0.29) is 17.7 Å². The third-order valence-electron chi connectivity index (χ3n) is 13.4. The fraction of sp³-hybridized carbons (Fsp3) is 0.125. The van der Waals surface area contributed by atoms with E-state index in [2.05, 4.69) is 16.0 Å². The molecule has 0 fully saturated rings. The van der Waals surface area contributed by atoms with Crippen molar-refractivity contribution in [2.75, 3.05) is 42.7 Å². The quantitative estimate of drug-likeness (QED) is 0.0599. The van der Waals surface area contributed by atoms with Crippen molar-refractivity contribution < 1.29 is 42.8 Å². The molecule has 0 saturated carbocycles. The van der Waals surface area contributed by atoms with Crippen LogP contribution in [0.4, 0.5) is 0 Å². The Hall–Kier alpha value is -9.72. The van der Waals surface area contributed by atoms with Crippen LogP contribution in [-0.4, -0.2) is 60.4 Å². The lowest BCUT2D eigenvalue weighted by atomic mass is 9.97. The molecule has 0 atom stereocenters. The Morgan fingerprint density at radius 1 is 0.322 bits per heavy atom. The van der Waals surface area contributed by atoms with E-state index < -0.39 is 0 Å². The topological polar surface area (TPSA) is 143 Å². The summed E-state index contributed by atoms with van der Waals surface area (Å²) >= 11 is 18.1. The number of methoxy groups -OCH3 is 6. The Morgan fingerprint density at radius 2 is 0.621 bits per heavy atom. The number of carbonyl (C=O) groups excluding carboxylic acids is 3. The fourth-order valence-electron chi connectivity index (χ4n) is 8.62. The largest absolute Gasteiger partial charge is 0.497 e. The van der Waals surface area contributed by atoms with E-state index >= 15 is 0 Å². The summed E-state index contributed by atoms with van der Waals surface area (Å²) in [5.41, 5.74) is 10.7. The molecule has 0 aliphatic carbocycles. The van der Waals surface area contributed by atoms with Crippen LogP contribution in [0.25, 0.3) is 16.7 Å². The fourth-order valence-corrected chi connectivity index (χ4v) is 9.16. The molecule has 12 nitrogen and oxygen atoms in total. The van der Waals surface area contributed by atoms with Crippen LogP contribution >= 0.6 is 34.8 Å². The highest BCUT2D eigenvalue weighted by atomic mass is 35.5. The maximum absolute atomic E-state index is 12.7. The number of nitrogens with one attached hydrogen (secondary N) is 3. The Kier molecular flexibility index (Phi) is 25.1. The van der Waals surface area contributed by atoms with Gasteiger partial charge in [-0.2, -0.15) is 0 Å². The summed E-state index contributed by atoms with van der Waals surface area (Å²) in [6, 6.07) is 67.9. The molecule has 444 valence electrons. The highest BCUT2D eigenvalue weighted by Gasteiger charge is 2.13. The second-order valence-electron chi connectivity index (χ2n) is 19.0. The van der Waals surface area contributed by atoms with Crippen molar-refractivity contribution >= 4 is 69.2 Å². The summed E-state index contributed by atoms with van der Waals surface area (Å²) in [5, 5.41) is 10.7. The molecular weight excluding hydrogens is 1160 g/mol. The monoisotopic (exact) mass is 1220 g/mol. The van der Waals surface area contributed by atoms with Gasteiger partial charge in [-0.05, 0) is 170 Å². The number of benzene rings is 9. The van der Waals surface area contributed by atoms with Gasteiger partial charge < -0.3 is 44.4 Å². The van der Waals surface area contributed by atoms with Gasteiger partial charge in [0.05, 0.1) is 42.7 Å². The van der Waals surface area contributed by atoms with Crippen molar-refractivity contribution in [1.29, 1.82) is 0 Å². The zero-order valence-electron chi connectivity index (χ0n) is 48.9. The van der Waals surface area contributed by atoms with Crippen LogP contribution in [0.2, 0.25) is 15.1 Å². The minimum atomic E-state index is -0.202. The summed E-state index contributed by atoms with van der Waals surface area (Å²) in [6.45, 7) is 1.17. The number of hydrogen-bond donors (Lipinski definition) is 3. The Balaban J connectivity index is 0.000000186. The normalized spacial score (nSPS) is 10.2. The van der Waals surface area contributed by atoms with E-state index in [1.807, 2.05) is 194 Å². The predicted molar refractivity (Wildman–Crippen MR) is 349 cm³/mol. The zero-order valence-corrected chi connectivity index (χ0v) is 51.2. The van der Waals surface area contributed by atoms with Gasteiger partial charge >= 0.3 is 0 Å². The Morgan fingerprint density at radius 3 is 0.920 bits per heavy atom. The Labute approximate surface area is 523 Å². The maximum Gasteiger partial charge on any atom is 0.244 e. The molecule has 9 aromatic rings. The molecule has 0 bridgehead atoms. The second kappa shape index (κ2) is 33.7. The molecule has 0 radical (unpaired) electrons. The molecule has 87 heavy (non-hydrogen) atoms. The molecule has 0 spiro atoms. The number of carbonyl (C=O) groups is 3. The summed E-state index contributed by atoms with van der Waals surface area (Å²) in [4.78, 5) is 37.9. The van der Waals surface area contributed by atoms with Crippen molar-refractivity contribution in [3.05, 3.63) is 302 Å². The van der Waals surface area contributed by atoms with Gasteiger partial charge in [0, 0.05) is 52.9 Å². The van der Waals surface area contributed by atoms with Gasteiger partial charge in [0.1, 0.15) is 34.5 Å². The van der Waals surface area contributed by atoms with E-state index in [0.717, 1.165) is 101 Å². The molecule has 15 heteroatoms. The molecule has 0 unspecified atom stereocenters. The Bertz CT molecular complexity index is 3610. The molecule has 3 N–H and O–H groups in total. The van der Waals surface area contributed by atoms with Crippen LogP contribution in [-0.2, 0) is 34.0 Å². The molecule has 0 aliphatic rings. The molecule has 9 aromatic carbocycles. The van der Waals surface area contributed by atoms with Gasteiger partial charge in [0.15, 0.2) is 0 Å². The molecule has 9 rings (SSSR count). The molecule has 0 aliphatic heterocycles. The molecule has 0 saturated heterocycles. The number of amides is 3. The predicted octanol–water partition coefficient (Wildman–Crippen LogP) is 15.3. The van der Waals surface area contributed by atoms with E-state index in [1.54, 1.807) is 85.2 Å². The van der Waals surface area contributed by atoms with Crippen molar-refractivity contribution in [2.45, 2.75) is 19.6 Å². The molecule has 0 aromatic heterocycles. The first-order valence-corrected chi connectivity index (χ1v) is 28.5. The number of halogens is 3. The van der Waals surface area contributed by atoms with Gasteiger partial charge in [-0.3, -0.25) is 14.4 Å². The molecule has 0 heterocycles. The highest BCUT2D eigenvalue weighted by Crippen LogP contribution is 2.30. The van der Waals surface area contributed by atoms with E-state index in [0.29, 0.717) is 34.7 Å². The SMILES string of the molecule is COc1ccc(C(=CC(=O)NCc2ccc(Cl)cc2)c2ccc(OC)cc2)cc1.COc1ccc(C(=CC(=O)NCc2cccc(Cl)c2)c2ccc(OC)cc2)cc1.COc1ccc(C(=CC(=O)NCc2ccccc2Cl)c2ccc(OC)cc2)cc1. The van der Waals surface area contributed by atoms with Crippen molar-refractivity contribution in [3.8, 4) is 34.5 Å². The molecule has 3 amide bonds. The standard InChI is InChI=1S/3C24H22ClNO3/c1-28-21-11-5-18(6-12-21)23(19-7-13-22(29-2)14-8-19)15-24(27)26-16-17-3-9-20(25)10-4-17;1-28-21-10-6-18(7-11-21)23(19-8-12-22(29-2)13-9-19)15-24(27)26-16-17-4-3-5-20(25)14-17;1-28-20-11-7-17(8-12-20)22(18-9-13-21(29-2)14-10-18)15-24(27)26-16-19-5-3-4-6-23(19)25/h3*3-15H,16H2,1-2H3,(H,26,27). The second-order valence-corrected chi connectivity index (χ2v) is 20.3.